The Morgan fingerprint density at radius 1 is 1.22 bits per heavy atom. The van der Waals surface area contributed by atoms with Crippen LogP contribution in [0.1, 0.15) is 24.2 Å². The molecule has 0 aliphatic rings. The molecule has 0 aliphatic carbocycles. The molecule has 4 rings (SSSR count). The van der Waals surface area contributed by atoms with E-state index in [9.17, 15) is 9.18 Å². The monoisotopic (exact) mass is 381 g/mol. The van der Waals surface area contributed by atoms with Gasteiger partial charge < -0.3 is 9.84 Å². The zero-order chi connectivity index (χ0) is 19.0. The summed E-state index contributed by atoms with van der Waals surface area (Å²) in [6.07, 6.45) is 0. The van der Waals surface area contributed by atoms with Crippen molar-refractivity contribution in [2.45, 2.75) is 19.9 Å². The van der Waals surface area contributed by atoms with Gasteiger partial charge >= 0.3 is 0 Å². The second-order valence-corrected chi connectivity index (χ2v) is 7.33. The Kier molecular flexibility index (Phi) is 4.45. The highest BCUT2D eigenvalue weighted by Gasteiger charge is 2.22. The molecule has 3 heterocycles. The van der Waals surface area contributed by atoms with Gasteiger partial charge in [-0.1, -0.05) is 11.2 Å². The lowest BCUT2D eigenvalue weighted by molar-refractivity contribution is 0.0944. The van der Waals surface area contributed by atoms with Crippen LogP contribution < -0.4 is 5.32 Å². The largest absolute Gasteiger partial charge is 0.350 e. The van der Waals surface area contributed by atoms with Crippen LogP contribution >= 0.6 is 11.3 Å². The highest BCUT2D eigenvalue weighted by atomic mass is 32.1. The van der Waals surface area contributed by atoms with E-state index in [2.05, 4.69) is 15.5 Å². The number of hydrogen-bond acceptors (Lipinski definition) is 5. The maximum atomic E-state index is 13.3. The van der Waals surface area contributed by atoms with Gasteiger partial charge in [0.15, 0.2) is 0 Å². The third-order valence-corrected chi connectivity index (χ3v) is 4.89. The minimum Gasteiger partial charge on any atom is -0.350 e. The molecule has 5 nitrogen and oxygen atoms in total. The molecule has 0 aliphatic heterocycles. The average Bonchev–Trinajstić information content (AvgIpc) is 3.31. The summed E-state index contributed by atoms with van der Waals surface area (Å²) in [6, 6.07) is 11.5. The third kappa shape index (κ3) is 3.33. The maximum Gasteiger partial charge on any atom is 0.259 e. The molecule has 3 aromatic heterocycles. The maximum absolute atomic E-state index is 13.3. The molecule has 1 amide bonds. The Labute approximate surface area is 158 Å². The van der Waals surface area contributed by atoms with Gasteiger partial charge in [-0.05, 0) is 55.6 Å². The van der Waals surface area contributed by atoms with E-state index in [-0.39, 0.29) is 23.5 Å². The first kappa shape index (κ1) is 17.4. The fraction of sp³-hybridized carbons (Fsp3) is 0.150. The Balaban J connectivity index is 1.94. The van der Waals surface area contributed by atoms with Crippen LogP contribution in [-0.4, -0.2) is 22.1 Å². The van der Waals surface area contributed by atoms with E-state index in [0.717, 1.165) is 4.88 Å². The van der Waals surface area contributed by atoms with Crippen LogP contribution in [-0.2, 0) is 0 Å². The van der Waals surface area contributed by atoms with E-state index < -0.39 is 0 Å². The number of pyridine rings is 1. The molecule has 136 valence electrons. The van der Waals surface area contributed by atoms with Gasteiger partial charge in [0.25, 0.3) is 11.6 Å². The number of rotatable bonds is 4. The highest BCUT2D eigenvalue weighted by molar-refractivity contribution is 7.13. The first-order valence-electron chi connectivity index (χ1n) is 8.44. The summed E-state index contributed by atoms with van der Waals surface area (Å²) in [5.74, 6) is -0.579. The summed E-state index contributed by atoms with van der Waals surface area (Å²) in [4.78, 5) is 18.3. The Bertz CT molecular complexity index is 1100. The van der Waals surface area contributed by atoms with Crippen LogP contribution in [0.5, 0.6) is 0 Å². The van der Waals surface area contributed by atoms with Crippen LogP contribution in [0.3, 0.4) is 0 Å². The summed E-state index contributed by atoms with van der Waals surface area (Å²) < 4.78 is 18.7. The summed E-state index contributed by atoms with van der Waals surface area (Å²) in [6.45, 7) is 3.79. The molecule has 1 N–H and O–H groups in total. The van der Waals surface area contributed by atoms with Crippen molar-refractivity contribution in [1.29, 1.82) is 0 Å². The standard InChI is InChI=1S/C20H16FN3O2S/c1-11(2)22-19(25)14-10-15(16-4-3-9-27-16)23-20-17(14)18(24-26-20)12-5-7-13(21)8-6-12/h3-11H,1-2H3,(H,22,25). The predicted octanol–water partition coefficient (Wildman–Crippen LogP) is 4.90. The van der Waals surface area contributed by atoms with Crippen molar-refractivity contribution < 1.29 is 13.7 Å². The molecule has 1 aromatic carbocycles. The topological polar surface area (TPSA) is 68.0 Å². The van der Waals surface area contributed by atoms with Gasteiger partial charge in [-0.25, -0.2) is 9.37 Å². The van der Waals surface area contributed by atoms with Gasteiger partial charge in [-0.2, -0.15) is 0 Å². The minimum absolute atomic E-state index is 0.0277. The van der Waals surface area contributed by atoms with E-state index in [4.69, 9.17) is 4.52 Å². The van der Waals surface area contributed by atoms with Gasteiger partial charge in [0.2, 0.25) is 0 Å². The number of hydrogen-bond donors (Lipinski definition) is 1. The van der Waals surface area contributed by atoms with Crippen molar-refractivity contribution in [3.8, 4) is 21.8 Å². The molecule has 0 bridgehead atoms. The number of amides is 1. The number of halogens is 1. The second-order valence-electron chi connectivity index (χ2n) is 6.38. The molecule has 0 saturated carbocycles. The summed E-state index contributed by atoms with van der Waals surface area (Å²) in [5, 5.41) is 9.47. The Hall–Kier alpha value is -3.06. The van der Waals surface area contributed by atoms with Crippen molar-refractivity contribution in [3.63, 3.8) is 0 Å². The van der Waals surface area contributed by atoms with Crippen molar-refractivity contribution in [3.05, 3.63) is 59.2 Å². The molecular formula is C20H16FN3O2S. The van der Waals surface area contributed by atoms with Crippen LogP contribution in [0.4, 0.5) is 4.39 Å². The van der Waals surface area contributed by atoms with Gasteiger partial charge in [0.05, 0.1) is 21.5 Å². The lowest BCUT2D eigenvalue weighted by Crippen LogP contribution is -2.30. The quantitative estimate of drug-likeness (QED) is 0.546. The van der Waals surface area contributed by atoms with Crippen LogP contribution in [0, 0.1) is 5.82 Å². The third-order valence-electron chi connectivity index (χ3n) is 4.00. The molecule has 4 aromatic rings. The lowest BCUT2D eigenvalue weighted by atomic mass is 10.0. The number of carbonyl (C=O) groups excluding carboxylic acids is 1. The molecular weight excluding hydrogens is 365 g/mol. The molecule has 0 unspecified atom stereocenters. The Morgan fingerprint density at radius 2 is 2.00 bits per heavy atom. The van der Waals surface area contributed by atoms with Crippen LogP contribution in [0.25, 0.3) is 32.9 Å². The van der Waals surface area contributed by atoms with Gasteiger partial charge in [-0.15, -0.1) is 11.3 Å². The van der Waals surface area contributed by atoms with Crippen LogP contribution in [0.2, 0.25) is 0 Å². The van der Waals surface area contributed by atoms with Crippen molar-refractivity contribution in [1.82, 2.24) is 15.5 Å². The number of fused-ring (bicyclic) bond motifs is 1. The average molecular weight is 381 g/mol. The summed E-state index contributed by atoms with van der Waals surface area (Å²) >= 11 is 1.53. The smallest absolute Gasteiger partial charge is 0.259 e. The van der Waals surface area contributed by atoms with E-state index >= 15 is 0 Å². The van der Waals surface area contributed by atoms with E-state index in [1.54, 1.807) is 18.2 Å². The SMILES string of the molecule is CC(C)NC(=O)c1cc(-c2cccs2)nc2onc(-c3ccc(F)cc3)c12. The summed E-state index contributed by atoms with van der Waals surface area (Å²) in [5.41, 5.74) is 2.46. The van der Waals surface area contributed by atoms with E-state index in [0.29, 0.717) is 27.9 Å². The fourth-order valence-electron chi connectivity index (χ4n) is 2.83. The number of aromatic nitrogens is 2. The van der Waals surface area contributed by atoms with Crippen molar-refractivity contribution in [2.75, 3.05) is 0 Å². The number of nitrogens with one attached hydrogen (secondary N) is 1. The van der Waals surface area contributed by atoms with E-state index in [1.807, 2.05) is 31.4 Å². The second kappa shape index (κ2) is 6.92. The highest BCUT2D eigenvalue weighted by Crippen LogP contribution is 2.33. The zero-order valence-electron chi connectivity index (χ0n) is 14.7. The first-order valence-corrected chi connectivity index (χ1v) is 9.32. The normalized spacial score (nSPS) is 11.3. The number of benzene rings is 1. The minimum atomic E-state index is -0.345. The van der Waals surface area contributed by atoms with Crippen molar-refractivity contribution >= 4 is 28.3 Å². The molecule has 7 heteroatoms. The van der Waals surface area contributed by atoms with Gasteiger partial charge in [-0.3, -0.25) is 4.79 Å². The van der Waals surface area contributed by atoms with Crippen LogP contribution in [0.15, 0.2) is 52.4 Å². The molecule has 27 heavy (non-hydrogen) atoms. The molecule has 0 spiro atoms. The molecule has 0 fully saturated rings. The van der Waals surface area contributed by atoms with Gasteiger partial charge in [0, 0.05) is 11.6 Å². The number of carbonyl (C=O) groups is 1. The molecule has 0 atom stereocenters. The zero-order valence-corrected chi connectivity index (χ0v) is 15.5. The fourth-order valence-corrected chi connectivity index (χ4v) is 3.51. The lowest BCUT2D eigenvalue weighted by Gasteiger charge is -2.10. The van der Waals surface area contributed by atoms with Crippen molar-refractivity contribution in [2.24, 2.45) is 0 Å². The molecule has 0 saturated heterocycles. The predicted molar refractivity (Wildman–Crippen MR) is 103 cm³/mol. The molecule has 0 radical (unpaired) electrons. The summed E-state index contributed by atoms with van der Waals surface area (Å²) in [7, 11) is 0. The van der Waals surface area contributed by atoms with Gasteiger partial charge in [0.1, 0.15) is 11.5 Å². The number of nitrogens with zero attached hydrogens (tertiary/aromatic N) is 2. The first-order chi connectivity index (χ1) is 13.0. The Morgan fingerprint density at radius 3 is 2.67 bits per heavy atom. The number of thiophene rings is 1. The van der Waals surface area contributed by atoms with E-state index in [1.165, 1.54) is 23.5 Å².